The van der Waals surface area contributed by atoms with Gasteiger partial charge < -0.3 is 9.64 Å². The number of anilines is 1. The molecule has 1 saturated heterocycles. The van der Waals surface area contributed by atoms with Gasteiger partial charge in [0.05, 0.1) is 24.3 Å². The van der Waals surface area contributed by atoms with Crippen molar-refractivity contribution in [3.05, 3.63) is 47.0 Å². The molecule has 3 nitrogen and oxygen atoms in total. The third kappa shape index (κ3) is 2.83. The van der Waals surface area contributed by atoms with Crippen LogP contribution in [0.4, 0.5) is 11.4 Å². The van der Waals surface area contributed by atoms with Crippen LogP contribution in [-0.4, -0.2) is 34.4 Å². The maximum absolute atomic E-state index is 5.51. The summed E-state index contributed by atoms with van der Waals surface area (Å²) in [7, 11) is -1.80. The van der Waals surface area contributed by atoms with Crippen LogP contribution in [0.1, 0.15) is 13.3 Å². The van der Waals surface area contributed by atoms with Crippen LogP contribution in [0.2, 0.25) is 12.6 Å². The summed E-state index contributed by atoms with van der Waals surface area (Å²) in [4.78, 5) is 7.42. The third-order valence-electron chi connectivity index (χ3n) is 5.60. The fourth-order valence-electron chi connectivity index (χ4n) is 4.25. The van der Waals surface area contributed by atoms with E-state index in [1.807, 2.05) is 0 Å². The van der Waals surface area contributed by atoms with E-state index in [4.69, 9.17) is 9.73 Å². The maximum atomic E-state index is 5.51. The zero-order chi connectivity index (χ0) is 17.4. The third-order valence-corrected chi connectivity index (χ3v) is 10.3. The van der Waals surface area contributed by atoms with E-state index >= 15 is 0 Å². The van der Waals surface area contributed by atoms with Crippen LogP contribution in [0.3, 0.4) is 0 Å². The number of fused-ring (bicyclic) bond motifs is 2. The number of rotatable bonds is 3. The molecule has 2 aliphatic heterocycles. The average Bonchev–Trinajstić information content (AvgIpc) is 2.64. The van der Waals surface area contributed by atoms with Gasteiger partial charge in [-0.3, -0.25) is 0 Å². The van der Waals surface area contributed by atoms with E-state index in [1.165, 1.54) is 34.2 Å². The van der Waals surface area contributed by atoms with E-state index in [9.17, 15) is 0 Å². The van der Waals surface area contributed by atoms with Crippen LogP contribution in [0.25, 0.3) is 6.58 Å². The van der Waals surface area contributed by atoms with Gasteiger partial charge in [-0.05, 0) is 45.9 Å². The molecule has 25 heavy (non-hydrogen) atoms. The fourth-order valence-corrected chi connectivity index (χ4v) is 8.46. The Balaban J connectivity index is 1.89. The Morgan fingerprint density at radius 3 is 2.68 bits per heavy atom. The van der Waals surface area contributed by atoms with Gasteiger partial charge in [-0.15, -0.1) is 0 Å². The van der Waals surface area contributed by atoms with E-state index in [0.29, 0.717) is 0 Å². The Hall–Kier alpha value is -1.91. The summed E-state index contributed by atoms with van der Waals surface area (Å²) >= 11 is 0. The molecule has 0 N–H and O–H groups in total. The van der Waals surface area contributed by atoms with Crippen LogP contribution in [0, 0.1) is 0 Å². The van der Waals surface area contributed by atoms with Gasteiger partial charge in [-0.25, -0.2) is 4.99 Å². The molecular formula is C21H26N2OSi. The molecule has 0 radical (unpaired) electrons. The molecule has 4 heteroatoms. The molecule has 0 bridgehead atoms. The second kappa shape index (κ2) is 6.43. The van der Waals surface area contributed by atoms with Crippen LogP contribution in [-0.2, 0) is 4.74 Å². The number of nitrogens with zero attached hydrogens (tertiary/aromatic N) is 2. The van der Waals surface area contributed by atoms with Crippen LogP contribution in [0.15, 0.2) is 41.4 Å². The average molecular weight is 351 g/mol. The summed E-state index contributed by atoms with van der Waals surface area (Å²) in [5.74, 6) is 0. The summed E-state index contributed by atoms with van der Waals surface area (Å²) in [6, 6.07) is 14.6. The Morgan fingerprint density at radius 1 is 1.12 bits per heavy atom. The van der Waals surface area contributed by atoms with Gasteiger partial charge in [0.25, 0.3) is 0 Å². The Kier molecular flexibility index (Phi) is 4.26. The summed E-state index contributed by atoms with van der Waals surface area (Å²) in [5.41, 5.74) is 2.49. The van der Waals surface area contributed by atoms with Gasteiger partial charge in [-0.2, -0.15) is 0 Å². The smallest absolute Gasteiger partial charge is 0.120 e. The van der Waals surface area contributed by atoms with Crippen LogP contribution < -0.4 is 25.8 Å². The van der Waals surface area contributed by atoms with Gasteiger partial charge in [0, 0.05) is 18.8 Å². The van der Waals surface area contributed by atoms with Crippen molar-refractivity contribution in [3.63, 3.8) is 0 Å². The molecule has 1 fully saturated rings. The Bertz CT molecular complexity index is 905. The monoisotopic (exact) mass is 350 g/mol. The van der Waals surface area contributed by atoms with Gasteiger partial charge in [0.1, 0.15) is 8.07 Å². The maximum Gasteiger partial charge on any atom is 0.120 e. The molecule has 0 aliphatic carbocycles. The molecule has 2 aromatic rings. The van der Waals surface area contributed by atoms with E-state index in [0.717, 1.165) is 36.9 Å². The minimum Gasteiger partial charge on any atom is -0.378 e. The largest absolute Gasteiger partial charge is 0.378 e. The number of ether oxygens (including phenoxy) is 1. The highest BCUT2D eigenvalue weighted by molar-refractivity contribution is 7.02. The molecule has 1 unspecified atom stereocenters. The van der Waals surface area contributed by atoms with E-state index in [1.54, 1.807) is 0 Å². The molecule has 2 heterocycles. The molecule has 1 atom stereocenters. The molecule has 4 rings (SSSR count). The lowest BCUT2D eigenvalue weighted by Crippen LogP contribution is -2.63. The molecule has 0 amide bonds. The summed E-state index contributed by atoms with van der Waals surface area (Å²) in [5, 5.41) is 5.18. The number of morpholine rings is 1. The van der Waals surface area contributed by atoms with Crippen LogP contribution in [0.5, 0.6) is 0 Å². The summed E-state index contributed by atoms with van der Waals surface area (Å²) in [6.07, 6.45) is 1.20. The van der Waals surface area contributed by atoms with Crippen molar-refractivity contribution < 1.29 is 4.74 Å². The normalized spacial score (nSPS) is 22.1. The summed E-state index contributed by atoms with van der Waals surface area (Å²) < 4.78 is 5.51. The van der Waals surface area contributed by atoms with Gasteiger partial charge in [-0.1, -0.05) is 38.6 Å². The lowest BCUT2D eigenvalue weighted by atomic mass is 10.2. The van der Waals surface area contributed by atoms with E-state index in [2.05, 4.69) is 61.3 Å². The Labute approximate surface area is 150 Å². The minimum atomic E-state index is -1.80. The van der Waals surface area contributed by atoms with E-state index < -0.39 is 8.07 Å². The first-order valence-corrected chi connectivity index (χ1v) is 12.0. The first kappa shape index (κ1) is 16.5. The molecule has 130 valence electrons. The Morgan fingerprint density at radius 2 is 1.92 bits per heavy atom. The molecule has 2 aromatic carbocycles. The highest BCUT2D eigenvalue weighted by atomic mass is 28.3. The quantitative estimate of drug-likeness (QED) is 0.789. The molecule has 0 spiro atoms. The second-order valence-electron chi connectivity index (χ2n) is 7.35. The van der Waals surface area contributed by atoms with Crippen molar-refractivity contribution in [1.29, 1.82) is 0 Å². The predicted molar refractivity (Wildman–Crippen MR) is 108 cm³/mol. The lowest BCUT2D eigenvalue weighted by Gasteiger charge is -2.35. The highest BCUT2D eigenvalue weighted by Gasteiger charge is 2.37. The van der Waals surface area contributed by atoms with Crippen molar-refractivity contribution in [2.24, 2.45) is 4.99 Å². The van der Waals surface area contributed by atoms with E-state index in [-0.39, 0.29) is 0 Å². The highest BCUT2D eigenvalue weighted by Crippen LogP contribution is 2.26. The first-order valence-electron chi connectivity index (χ1n) is 9.27. The summed E-state index contributed by atoms with van der Waals surface area (Å²) in [6.45, 7) is 12.5. The van der Waals surface area contributed by atoms with Crippen molar-refractivity contribution >= 4 is 36.4 Å². The molecular weight excluding hydrogens is 324 g/mol. The van der Waals surface area contributed by atoms with Crippen molar-refractivity contribution in [2.75, 3.05) is 31.2 Å². The van der Waals surface area contributed by atoms with Gasteiger partial charge in [0.2, 0.25) is 0 Å². The zero-order valence-electron chi connectivity index (χ0n) is 15.2. The lowest BCUT2D eigenvalue weighted by molar-refractivity contribution is 0.122. The molecule has 0 saturated carbocycles. The fraction of sp³-hybridized carbons (Fsp3) is 0.381. The van der Waals surface area contributed by atoms with Gasteiger partial charge >= 0.3 is 0 Å². The number of benzene rings is 2. The predicted octanol–water partition coefficient (Wildman–Crippen LogP) is 1.80. The number of hydrogen-bond acceptors (Lipinski definition) is 3. The molecule has 0 aromatic heterocycles. The zero-order valence-corrected chi connectivity index (χ0v) is 16.2. The van der Waals surface area contributed by atoms with Crippen LogP contribution >= 0.6 is 0 Å². The topological polar surface area (TPSA) is 24.8 Å². The standard InChI is InChI=1S/C21H26N2OSi/c1-4-13-25(3)20-14-16(2)5-7-18(20)22-19-8-6-17(15-21(19)25)23-9-11-24-12-10-23/h5-8,14-15H,2,4,9-13H2,1,3H3. The minimum absolute atomic E-state index is 0.818. The van der Waals surface area contributed by atoms with Gasteiger partial charge in [0.15, 0.2) is 0 Å². The van der Waals surface area contributed by atoms with Crippen molar-refractivity contribution in [1.82, 2.24) is 0 Å². The van der Waals surface area contributed by atoms with Crippen molar-refractivity contribution in [2.45, 2.75) is 25.9 Å². The number of hydrogen-bond donors (Lipinski definition) is 0. The SMILES string of the molecule is C=c1ccc2c(c1)[Si](C)(CCC)c1cc(N3CCOCC3)ccc1N=2. The molecule has 2 aliphatic rings. The first-order chi connectivity index (χ1) is 12.1. The second-order valence-corrected chi connectivity index (χ2v) is 11.6. The van der Waals surface area contributed by atoms with Crippen molar-refractivity contribution in [3.8, 4) is 0 Å².